The zero-order chi connectivity index (χ0) is 14.3. The molecule has 4 heteroatoms. The van der Waals surface area contributed by atoms with Gasteiger partial charge in [0.25, 0.3) is 0 Å². The van der Waals surface area contributed by atoms with E-state index < -0.39 is 0 Å². The van der Waals surface area contributed by atoms with Crippen molar-refractivity contribution in [3.8, 4) is 0 Å². The van der Waals surface area contributed by atoms with Crippen LogP contribution in [0, 0.1) is 5.41 Å². The van der Waals surface area contributed by atoms with Crippen molar-refractivity contribution in [3.63, 3.8) is 0 Å². The van der Waals surface area contributed by atoms with E-state index in [0.717, 1.165) is 31.3 Å². The van der Waals surface area contributed by atoms with Crippen molar-refractivity contribution in [1.29, 1.82) is 0 Å². The molecular formula is C16H28N2O2. The maximum absolute atomic E-state index is 5.72. The van der Waals surface area contributed by atoms with Crippen LogP contribution < -0.4 is 0 Å². The lowest BCUT2D eigenvalue weighted by molar-refractivity contribution is 0.265. The van der Waals surface area contributed by atoms with Gasteiger partial charge in [0, 0.05) is 0 Å². The van der Waals surface area contributed by atoms with E-state index in [1.807, 2.05) is 0 Å². The first kappa shape index (κ1) is 15.3. The SMILES string of the molecule is CCCCCCCCC(C)(C1=NCCO1)C1=NCCO1. The van der Waals surface area contributed by atoms with Crippen molar-refractivity contribution in [2.24, 2.45) is 15.4 Å². The van der Waals surface area contributed by atoms with Crippen LogP contribution in [-0.2, 0) is 9.47 Å². The molecule has 0 aromatic heterocycles. The summed E-state index contributed by atoms with van der Waals surface area (Å²) in [5.41, 5.74) is -0.238. The summed E-state index contributed by atoms with van der Waals surface area (Å²) in [5, 5.41) is 0. The second kappa shape index (κ2) is 7.65. The second-order valence-corrected chi connectivity index (χ2v) is 5.92. The molecule has 0 N–H and O–H groups in total. The fraction of sp³-hybridized carbons (Fsp3) is 0.875. The highest BCUT2D eigenvalue weighted by atomic mass is 16.5. The van der Waals surface area contributed by atoms with Crippen molar-refractivity contribution in [2.45, 2.75) is 58.8 Å². The van der Waals surface area contributed by atoms with E-state index in [1.54, 1.807) is 0 Å². The molecule has 2 aliphatic rings. The molecule has 2 heterocycles. The zero-order valence-corrected chi connectivity index (χ0v) is 13.0. The largest absolute Gasteiger partial charge is 0.478 e. The highest BCUT2D eigenvalue weighted by molar-refractivity contribution is 6.05. The highest BCUT2D eigenvalue weighted by Crippen LogP contribution is 2.33. The van der Waals surface area contributed by atoms with E-state index in [9.17, 15) is 0 Å². The molecule has 2 aliphatic heterocycles. The maximum Gasteiger partial charge on any atom is 0.199 e. The number of ether oxygens (including phenoxy) is 2. The predicted octanol–water partition coefficient (Wildman–Crippen LogP) is 3.60. The predicted molar refractivity (Wildman–Crippen MR) is 82.6 cm³/mol. The molecule has 0 spiro atoms. The fourth-order valence-corrected chi connectivity index (χ4v) is 2.90. The van der Waals surface area contributed by atoms with Gasteiger partial charge >= 0.3 is 0 Å². The van der Waals surface area contributed by atoms with E-state index in [4.69, 9.17) is 9.47 Å². The maximum atomic E-state index is 5.72. The summed E-state index contributed by atoms with van der Waals surface area (Å²) < 4.78 is 11.4. The van der Waals surface area contributed by atoms with Crippen LogP contribution in [0.2, 0.25) is 0 Å². The van der Waals surface area contributed by atoms with Crippen molar-refractivity contribution >= 4 is 11.8 Å². The number of aliphatic imine (C=N–C) groups is 2. The van der Waals surface area contributed by atoms with Crippen molar-refractivity contribution < 1.29 is 9.47 Å². The summed E-state index contributed by atoms with van der Waals surface area (Å²) in [6.45, 7) is 7.38. The third-order valence-corrected chi connectivity index (χ3v) is 4.15. The van der Waals surface area contributed by atoms with Crippen LogP contribution in [-0.4, -0.2) is 38.1 Å². The lowest BCUT2D eigenvalue weighted by Crippen LogP contribution is -2.37. The Bertz CT molecular complexity index is 339. The average Bonchev–Trinajstić information content (AvgIpc) is 3.15. The third kappa shape index (κ3) is 3.74. The minimum absolute atomic E-state index is 0.238. The molecular weight excluding hydrogens is 252 g/mol. The van der Waals surface area contributed by atoms with Crippen molar-refractivity contribution in [2.75, 3.05) is 26.3 Å². The van der Waals surface area contributed by atoms with Gasteiger partial charge in [-0.2, -0.15) is 0 Å². The number of hydrogen-bond donors (Lipinski definition) is 0. The molecule has 0 aliphatic carbocycles. The van der Waals surface area contributed by atoms with Crippen LogP contribution >= 0.6 is 0 Å². The van der Waals surface area contributed by atoms with Crippen LogP contribution in [0.25, 0.3) is 0 Å². The minimum Gasteiger partial charge on any atom is -0.478 e. The monoisotopic (exact) mass is 280 g/mol. The molecule has 4 nitrogen and oxygen atoms in total. The van der Waals surface area contributed by atoms with Gasteiger partial charge in [-0.3, -0.25) is 9.98 Å². The Morgan fingerprint density at radius 3 is 1.95 bits per heavy atom. The molecule has 0 radical (unpaired) electrons. The Morgan fingerprint density at radius 1 is 0.900 bits per heavy atom. The van der Waals surface area contributed by atoms with Crippen LogP contribution in [0.1, 0.15) is 58.8 Å². The van der Waals surface area contributed by atoms with Crippen molar-refractivity contribution in [3.05, 3.63) is 0 Å². The molecule has 0 saturated heterocycles. The van der Waals surface area contributed by atoms with Gasteiger partial charge in [-0.1, -0.05) is 45.4 Å². The number of nitrogens with zero attached hydrogens (tertiary/aromatic N) is 2. The Hall–Kier alpha value is -1.06. The normalized spacial score (nSPS) is 18.5. The molecule has 20 heavy (non-hydrogen) atoms. The second-order valence-electron chi connectivity index (χ2n) is 5.92. The number of hydrogen-bond acceptors (Lipinski definition) is 4. The molecule has 0 aromatic carbocycles. The van der Waals surface area contributed by atoms with E-state index in [2.05, 4.69) is 23.8 Å². The van der Waals surface area contributed by atoms with E-state index in [1.165, 1.54) is 38.5 Å². The van der Waals surface area contributed by atoms with Gasteiger partial charge in [-0.25, -0.2) is 0 Å². The molecule has 0 aromatic rings. The molecule has 0 fully saturated rings. The van der Waals surface area contributed by atoms with Gasteiger partial charge < -0.3 is 9.47 Å². The molecule has 0 bridgehead atoms. The Balaban J connectivity index is 1.87. The first-order chi connectivity index (χ1) is 9.77. The summed E-state index contributed by atoms with van der Waals surface area (Å²) in [6.07, 6.45) is 8.81. The van der Waals surface area contributed by atoms with Crippen LogP contribution in [0.15, 0.2) is 9.98 Å². The van der Waals surface area contributed by atoms with Crippen LogP contribution in [0.4, 0.5) is 0 Å². The number of rotatable bonds is 9. The summed E-state index contributed by atoms with van der Waals surface area (Å²) in [6, 6.07) is 0. The van der Waals surface area contributed by atoms with Crippen LogP contribution in [0.3, 0.4) is 0 Å². The van der Waals surface area contributed by atoms with Gasteiger partial charge in [0.2, 0.25) is 0 Å². The van der Waals surface area contributed by atoms with Gasteiger partial charge in [-0.15, -0.1) is 0 Å². The van der Waals surface area contributed by atoms with E-state index in [0.29, 0.717) is 13.2 Å². The van der Waals surface area contributed by atoms with Crippen LogP contribution in [0.5, 0.6) is 0 Å². The first-order valence-electron chi connectivity index (χ1n) is 8.13. The van der Waals surface area contributed by atoms with Gasteiger partial charge in [0.05, 0.1) is 13.1 Å². The summed E-state index contributed by atoms with van der Waals surface area (Å²) in [5.74, 6) is 1.68. The minimum atomic E-state index is -0.238. The molecule has 0 unspecified atom stereocenters. The van der Waals surface area contributed by atoms with Crippen molar-refractivity contribution in [1.82, 2.24) is 0 Å². The topological polar surface area (TPSA) is 43.2 Å². The van der Waals surface area contributed by atoms with Gasteiger partial charge in [-0.05, 0) is 13.3 Å². The van der Waals surface area contributed by atoms with Gasteiger partial charge in [0.15, 0.2) is 11.8 Å². The third-order valence-electron chi connectivity index (χ3n) is 4.15. The molecule has 2 rings (SSSR count). The smallest absolute Gasteiger partial charge is 0.199 e. The fourth-order valence-electron chi connectivity index (χ4n) is 2.90. The lowest BCUT2D eigenvalue weighted by atomic mass is 9.83. The average molecular weight is 280 g/mol. The Kier molecular flexibility index (Phi) is 5.86. The Morgan fingerprint density at radius 2 is 1.45 bits per heavy atom. The number of unbranched alkanes of at least 4 members (excludes halogenated alkanes) is 5. The molecule has 114 valence electrons. The molecule has 0 saturated carbocycles. The quantitative estimate of drug-likeness (QED) is 0.606. The Labute approximate surface area is 122 Å². The molecule has 0 atom stereocenters. The zero-order valence-electron chi connectivity index (χ0n) is 13.0. The first-order valence-corrected chi connectivity index (χ1v) is 8.13. The lowest BCUT2D eigenvalue weighted by Gasteiger charge is -2.28. The highest BCUT2D eigenvalue weighted by Gasteiger charge is 2.41. The summed E-state index contributed by atoms with van der Waals surface area (Å²) >= 11 is 0. The summed E-state index contributed by atoms with van der Waals surface area (Å²) in [7, 11) is 0. The standard InChI is InChI=1S/C16H28N2O2/c1-3-4-5-6-7-8-9-16(2,14-17-10-12-19-14)15-18-11-13-20-15/h3-13H2,1-2H3. The molecule has 0 amide bonds. The van der Waals surface area contributed by atoms with E-state index >= 15 is 0 Å². The van der Waals surface area contributed by atoms with Gasteiger partial charge in [0.1, 0.15) is 18.6 Å². The summed E-state index contributed by atoms with van der Waals surface area (Å²) in [4.78, 5) is 9.03. The van der Waals surface area contributed by atoms with E-state index in [-0.39, 0.29) is 5.41 Å².